The molecular formula is C13H16ClN3O3S. The van der Waals surface area contributed by atoms with Crippen LogP contribution in [0, 0.1) is 0 Å². The molecule has 0 bridgehead atoms. The minimum atomic E-state index is -0.435. The number of nitrogens with zero attached hydrogens (tertiary/aromatic N) is 1. The number of rotatable bonds is 4. The average molecular weight is 330 g/mol. The van der Waals surface area contributed by atoms with Crippen LogP contribution in [-0.2, 0) is 11.3 Å². The van der Waals surface area contributed by atoms with Gasteiger partial charge in [0.25, 0.3) is 0 Å². The molecule has 1 aliphatic heterocycles. The van der Waals surface area contributed by atoms with Crippen molar-refractivity contribution in [1.82, 2.24) is 15.6 Å². The largest absolute Gasteiger partial charge is 0.462 e. The highest BCUT2D eigenvalue weighted by atomic mass is 35.5. The van der Waals surface area contributed by atoms with Gasteiger partial charge in [-0.3, -0.25) is 4.79 Å². The van der Waals surface area contributed by atoms with Crippen LogP contribution < -0.4 is 10.6 Å². The molecule has 1 saturated heterocycles. The fourth-order valence-electron chi connectivity index (χ4n) is 2.12. The highest BCUT2D eigenvalue weighted by molar-refractivity contribution is 7.13. The number of amides is 1. The lowest BCUT2D eigenvalue weighted by atomic mass is 10.2. The van der Waals surface area contributed by atoms with E-state index in [0.717, 1.165) is 16.5 Å². The number of carbonyl (C=O) groups is 1. The predicted molar refractivity (Wildman–Crippen MR) is 81.3 cm³/mol. The van der Waals surface area contributed by atoms with Crippen LogP contribution in [0.1, 0.15) is 12.1 Å². The smallest absolute Gasteiger partial charge is 0.237 e. The number of aliphatic hydroxyl groups is 1. The van der Waals surface area contributed by atoms with E-state index in [1.54, 1.807) is 6.26 Å². The molecule has 0 saturated carbocycles. The fraction of sp³-hybridized carbons (Fsp3) is 0.385. The Morgan fingerprint density at radius 1 is 1.62 bits per heavy atom. The maximum absolute atomic E-state index is 11.9. The predicted octanol–water partition coefficient (Wildman–Crippen LogP) is 1.16. The molecule has 2 aromatic rings. The monoisotopic (exact) mass is 329 g/mol. The van der Waals surface area contributed by atoms with E-state index < -0.39 is 6.10 Å². The van der Waals surface area contributed by atoms with Gasteiger partial charge >= 0.3 is 0 Å². The third-order valence-electron chi connectivity index (χ3n) is 3.15. The second-order valence-corrected chi connectivity index (χ2v) is 5.55. The Kier molecular flexibility index (Phi) is 5.35. The van der Waals surface area contributed by atoms with Gasteiger partial charge in [-0.1, -0.05) is 0 Å². The van der Waals surface area contributed by atoms with Crippen molar-refractivity contribution >= 4 is 29.7 Å². The third-order valence-corrected chi connectivity index (χ3v) is 4.06. The van der Waals surface area contributed by atoms with Crippen LogP contribution >= 0.6 is 23.7 Å². The molecule has 1 amide bonds. The summed E-state index contributed by atoms with van der Waals surface area (Å²) in [5.74, 6) is 0.627. The van der Waals surface area contributed by atoms with Gasteiger partial charge in [0, 0.05) is 11.9 Å². The first-order valence-corrected chi connectivity index (χ1v) is 7.28. The van der Waals surface area contributed by atoms with Gasteiger partial charge in [-0.25, -0.2) is 4.98 Å². The first-order chi connectivity index (χ1) is 9.72. The number of β-amino-alcohol motifs (C(OH)–C–C–N with tert-alkyl or cyclic N) is 1. The second-order valence-electron chi connectivity index (χ2n) is 4.69. The van der Waals surface area contributed by atoms with Crippen molar-refractivity contribution in [3.05, 3.63) is 29.5 Å². The molecule has 0 spiro atoms. The van der Waals surface area contributed by atoms with Crippen molar-refractivity contribution in [1.29, 1.82) is 0 Å². The number of nitrogens with one attached hydrogen (secondary N) is 2. The Bertz CT molecular complexity index is 587. The van der Waals surface area contributed by atoms with E-state index in [1.165, 1.54) is 11.3 Å². The summed E-state index contributed by atoms with van der Waals surface area (Å²) in [4.78, 5) is 16.3. The molecule has 0 radical (unpaired) electrons. The van der Waals surface area contributed by atoms with Crippen molar-refractivity contribution < 1.29 is 14.3 Å². The van der Waals surface area contributed by atoms with Gasteiger partial charge in [-0.05, 0) is 18.6 Å². The van der Waals surface area contributed by atoms with Crippen molar-refractivity contribution in [2.45, 2.75) is 25.1 Å². The number of hydrogen-bond acceptors (Lipinski definition) is 6. The van der Waals surface area contributed by atoms with E-state index in [1.807, 2.05) is 17.5 Å². The topological polar surface area (TPSA) is 87.4 Å². The number of carbonyl (C=O) groups excluding carboxylic acids is 1. The van der Waals surface area contributed by atoms with Crippen LogP contribution in [0.2, 0.25) is 0 Å². The van der Waals surface area contributed by atoms with Crippen molar-refractivity contribution in [2.75, 3.05) is 6.54 Å². The average Bonchev–Trinajstić information content (AvgIpc) is 3.16. The van der Waals surface area contributed by atoms with Crippen molar-refractivity contribution in [3.8, 4) is 10.8 Å². The van der Waals surface area contributed by atoms with Gasteiger partial charge in [0.1, 0.15) is 0 Å². The standard InChI is InChI=1S/C13H15N3O3S.ClH/c17-9-4-10(14-6-9)12(18)15-5-8-7-20-13(16-8)11-2-1-3-19-11;/h1-3,7,9-10,14,17H,4-6H2,(H,15,18);1H. The van der Waals surface area contributed by atoms with Gasteiger partial charge in [0.2, 0.25) is 5.91 Å². The lowest BCUT2D eigenvalue weighted by Crippen LogP contribution is -2.40. The zero-order valence-electron chi connectivity index (χ0n) is 11.1. The molecule has 3 rings (SSSR count). The van der Waals surface area contributed by atoms with E-state index in [4.69, 9.17) is 4.42 Å². The van der Waals surface area contributed by atoms with E-state index in [9.17, 15) is 9.90 Å². The van der Waals surface area contributed by atoms with Crippen molar-refractivity contribution in [2.24, 2.45) is 0 Å². The number of hydrogen-bond donors (Lipinski definition) is 3. The maximum Gasteiger partial charge on any atom is 0.237 e. The Balaban J connectivity index is 0.00000161. The molecule has 6 nitrogen and oxygen atoms in total. The summed E-state index contributed by atoms with van der Waals surface area (Å²) < 4.78 is 5.27. The Labute approximate surface area is 132 Å². The van der Waals surface area contributed by atoms with Gasteiger partial charge in [0.15, 0.2) is 10.8 Å². The van der Waals surface area contributed by atoms with Crippen LogP contribution in [0.4, 0.5) is 0 Å². The second kappa shape index (κ2) is 7.04. The number of aliphatic hydroxyl groups excluding tert-OH is 1. The summed E-state index contributed by atoms with van der Waals surface area (Å²) in [5.41, 5.74) is 0.799. The zero-order valence-corrected chi connectivity index (χ0v) is 12.7. The lowest BCUT2D eigenvalue weighted by Gasteiger charge is -2.09. The molecule has 1 aliphatic rings. The summed E-state index contributed by atoms with van der Waals surface area (Å²) in [7, 11) is 0. The summed E-state index contributed by atoms with van der Waals surface area (Å²) in [5, 5.41) is 17.9. The number of aromatic nitrogens is 1. The Hall–Kier alpha value is -1.41. The molecule has 2 aromatic heterocycles. The quantitative estimate of drug-likeness (QED) is 0.783. The van der Waals surface area contributed by atoms with Crippen LogP contribution in [-0.4, -0.2) is 34.7 Å². The van der Waals surface area contributed by atoms with Crippen LogP contribution in [0.25, 0.3) is 10.8 Å². The highest BCUT2D eigenvalue weighted by Gasteiger charge is 2.27. The van der Waals surface area contributed by atoms with Crippen molar-refractivity contribution in [3.63, 3.8) is 0 Å². The molecule has 8 heteroatoms. The van der Waals surface area contributed by atoms with Gasteiger partial charge < -0.3 is 20.2 Å². The number of furan rings is 1. The molecule has 0 aromatic carbocycles. The minimum absolute atomic E-state index is 0. The SMILES string of the molecule is Cl.O=C(NCc1csc(-c2ccco2)n1)C1CC(O)CN1. The van der Waals surface area contributed by atoms with E-state index in [0.29, 0.717) is 19.5 Å². The molecule has 114 valence electrons. The summed E-state index contributed by atoms with van der Waals surface area (Å²) >= 11 is 1.48. The van der Waals surface area contributed by atoms with Crippen LogP contribution in [0.5, 0.6) is 0 Å². The Morgan fingerprint density at radius 2 is 2.48 bits per heavy atom. The molecule has 2 atom stereocenters. The first-order valence-electron chi connectivity index (χ1n) is 6.40. The fourth-order valence-corrected chi connectivity index (χ4v) is 2.91. The normalized spacial score (nSPS) is 21.0. The highest BCUT2D eigenvalue weighted by Crippen LogP contribution is 2.23. The third kappa shape index (κ3) is 3.82. The number of thiazole rings is 1. The van der Waals surface area contributed by atoms with Gasteiger partial charge in [-0.15, -0.1) is 23.7 Å². The molecule has 21 heavy (non-hydrogen) atoms. The summed E-state index contributed by atoms with van der Waals surface area (Å²) in [6, 6.07) is 3.36. The minimum Gasteiger partial charge on any atom is -0.462 e. The van der Waals surface area contributed by atoms with E-state index in [2.05, 4.69) is 15.6 Å². The molecule has 1 fully saturated rings. The number of halogens is 1. The summed E-state index contributed by atoms with van der Waals surface area (Å²) in [6.07, 6.45) is 1.63. The maximum atomic E-state index is 11.9. The lowest BCUT2D eigenvalue weighted by molar-refractivity contribution is -0.123. The molecule has 3 N–H and O–H groups in total. The molecule has 2 unspecified atom stereocenters. The molecule has 3 heterocycles. The van der Waals surface area contributed by atoms with E-state index in [-0.39, 0.29) is 24.4 Å². The summed E-state index contributed by atoms with van der Waals surface area (Å²) in [6.45, 7) is 0.849. The van der Waals surface area contributed by atoms with Gasteiger partial charge in [0.05, 0.1) is 30.6 Å². The zero-order chi connectivity index (χ0) is 13.9. The van der Waals surface area contributed by atoms with Crippen LogP contribution in [0.3, 0.4) is 0 Å². The van der Waals surface area contributed by atoms with Crippen LogP contribution in [0.15, 0.2) is 28.2 Å². The van der Waals surface area contributed by atoms with E-state index >= 15 is 0 Å². The van der Waals surface area contributed by atoms with Gasteiger partial charge in [-0.2, -0.15) is 0 Å². The Morgan fingerprint density at radius 3 is 3.14 bits per heavy atom. The first kappa shape index (κ1) is 16.0. The molecular weight excluding hydrogens is 314 g/mol. The molecule has 0 aliphatic carbocycles.